The zero-order valence-corrected chi connectivity index (χ0v) is 24.0. The van der Waals surface area contributed by atoms with Crippen LogP contribution < -0.4 is 20.1 Å². The van der Waals surface area contributed by atoms with Gasteiger partial charge in [0.15, 0.2) is 16.7 Å². The Balaban J connectivity index is 0.00000400. The molecule has 2 N–H and O–H groups in total. The van der Waals surface area contributed by atoms with Gasteiger partial charge in [0, 0.05) is 35.1 Å². The van der Waals surface area contributed by atoms with Crippen molar-refractivity contribution in [3.63, 3.8) is 0 Å². The first kappa shape index (κ1) is 30.0. The van der Waals surface area contributed by atoms with E-state index in [0.29, 0.717) is 22.7 Å². The highest BCUT2D eigenvalue weighted by atomic mass is 35.5. The number of ether oxygens (including phenoxy) is 2. The third kappa shape index (κ3) is 8.50. The van der Waals surface area contributed by atoms with Crippen molar-refractivity contribution in [2.45, 2.75) is 49.3 Å². The molecular formula is C28H34Cl2N4O3S. The second-order valence-corrected chi connectivity index (χ2v) is 10.4. The van der Waals surface area contributed by atoms with E-state index in [1.165, 1.54) is 17.3 Å². The lowest BCUT2D eigenvalue weighted by Gasteiger charge is -2.22. The summed E-state index contributed by atoms with van der Waals surface area (Å²) in [5, 5.41) is 8.19. The molecule has 4 rings (SSSR count). The number of methoxy groups -OCH3 is 2. The van der Waals surface area contributed by atoms with Crippen molar-refractivity contribution in [2.24, 2.45) is 0 Å². The third-order valence-electron chi connectivity index (χ3n) is 6.50. The Labute approximate surface area is 239 Å². The monoisotopic (exact) mass is 576 g/mol. The average Bonchev–Trinajstić information content (AvgIpc) is 3.37. The molecule has 38 heavy (non-hydrogen) atoms. The Bertz CT molecular complexity index is 1170. The highest BCUT2D eigenvalue weighted by Crippen LogP contribution is 2.32. The molecule has 1 fully saturated rings. The number of halogens is 2. The van der Waals surface area contributed by atoms with Crippen LogP contribution in [0.1, 0.15) is 31.2 Å². The SMILES string of the molecule is COc1ccc(-c2cnc(SCC(=O)N[C@@H]3CCC[C@H]3NCCCc3ccc(Cl)cc3)nc2)cc1OC.Cl. The summed E-state index contributed by atoms with van der Waals surface area (Å²) >= 11 is 7.30. The van der Waals surface area contributed by atoms with Crippen LogP contribution in [-0.4, -0.2) is 54.5 Å². The number of nitrogens with one attached hydrogen (secondary N) is 2. The van der Waals surface area contributed by atoms with Crippen molar-refractivity contribution in [3.8, 4) is 22.6 Å². The van der Waals surface area contributed by atoms with Crippen LogP contribution >= 0.6 is 35.8 Å². The van der Waals surface area contributed by atoms with Gasteiger partial charge in [-0.15, -0.1) is 12.4 Å². The topological polar surface area (TPSA) is 85.4 Å². The molecule has 0 radical (unpaired) electrons. The van der Waals surface area contributed by atoms with Crippen molar-refractivity contribution in [2.75, 3.05) is 26.5 Å². The number of amides is 1. The second kappa shape index (κ2) is 15.2. The number of aromatic nitrogens is 2. The van der Waals surface area contributed by atoms with E-state index in [-0.39, 0.29) is 30.1 Å². The van der Waals surface area contributed by atoms with Gasteiger partial charge >= 0.3 is 0 Å². The van der Waals surface area contributed by atoms with Gasteiger partial charge < -0.3 is 20.1 Å². The first-order chi connectivity index (χ1) is 18.1. The van der Waals surface area contributed by atoms with Crippen molar-refractivity contribution >= 4 is 41.7 Å². The first-order valence-corrected chi connectivity index (χ1v) is 13.9. The Morgan fingerprint density at radius 2 is 1.71 bits per heavy atom. The van der Waals surface area contributed by atoms with E-state index in [1.807, 2.05) is 30.3 Å². The fourth-order valence-electron chi connectivity index (χ4n) is 4.54. The molecule has 10 heteroatoms. The summed E-state index contributed by atoms with van der Waals surface area (Å²) in [7, 11) is 3.21. The van der Waals surface area contributed by atoms with Crippen LogP contribution in [0.25, 0.3) is 11.1 Å². The van der Waals surface area contributed by atoms with Crippen LogP contribution in [0.15, 0.2) is 60.0 Å². The minimum atomic E-state index is 0. The maximum Gasteiger partial charge on any atom is 0.230 e. The molecule has 0 spiro atoms. The van der Waals surface area contributed by atoms with E-state index in [4.69, 9.17) is 21.1 Å². The molecule has 7 nitrogen and oxygen atoms in total. The quantitative estimate of drug-likeness (QED) is 0.165. The van der Waals surface area contributed by atoms with Gasteiger partial charge in [0.25, 0.3) is 0 Å². The van der Waals surface area contributed by atoms with E-state index >= 15 is 0 Å². The van der Waals surface area contributed by atoms with Crippen LogP contribution in [0.3, 0.4) is 0 Å². The molecule has 0 unspecified atom stereocenters. The molecule has 3 aromatic rings. The molecule has 1 aromatic heterocycles. The maximum absolute atomic E-state index is 12.6. The molecule has 2 atom stereocenters. The van der Waals surface area contributed by atoms with E-state index in [1.54, 1.807) is 26.6 Å². The molecule has 2 aromatic carbocycles. The molecule has 0 bridgehead atoms. The Morgan fingerprint density at radius 3 is 2.42 bits per heavy atom. The molecule has 1 aliphatic rings. The normalized spacial score (nSPS) is 16.5. The van der Waals surface area contributed by atoms with Gasteiger partial charge in [-0.3, -0.25) is 4.79 Å². The van der Waals surface area contributed by atoms with E-state index < -0.39 is 0 Å². The van der Waals surface area contributed by atoms with Crippen LogP contribution in [0.4, 0.5) is 0 Å². The average molecular weight is 578 g/mol. The molecule has 1 saturated carbocycles. The summed E-state index contributed by atoms with van der Waals surface area (Å²) in [5.74, 6) is 1.62. The molecule has 1 amide bonds. The number of nitrogens with zero attached hydrogens (tertiary/aromatic N) is 2. The van der Waals surface area contributed by atoms with Crippen LogP contribution in [-0.2, 0) is 11.2 Å². The molecule has 204 valence electrons. The largest absolute Gasteiger partial charge is 0.493 e. The fourth-order valence-corrected chi connectivity index (χ4v) is 5.27. The van der Waals surface area contributed by atoms with Crippen molar-refractivity contribution < 1.29 is 14.3 Å². The smallest absolute Gasteiger partial charge is 0.230 e. The maximum atomic E-state index is 12.6. The Kier molecular flexibility index (Phi) is 12.0. The lowest BCUT2D eigenvalue weighted by atomic mass is 10.1. The van der Waals surface area contributed by atoms with Crippen molar-refractivity contribution in [3.05, 3.63) is 65.4 Å². The molecule has 0 aliphatic heterocycles. The summed E-state index contributed by atoms with van der Waals surface area (Å²) in [6.45, 7) is 0.925. The van der Waals surface area contributed by atoms with Crippen LogP contribution in [0.5, 0.6) is 11.5 Å². The van der Waals surface area contributed by atoms with Gasteiger partial charge in [-0.2, -0.15) is 0 Å². The van der Waals surface area contributed by atoms with Gasteiger partial charge in [0.2, 0.25) is 5.91 Å². The Morgan fingerprint density at radius 1 is 1.00 bits per heavy atom. The standard InChI is InChI=1S/C28H33ClN4O3S.ClH/c1-35-25-13-10-20(15-26(25)36-2)21-16-31-28(32-17-21)37-18-27(34)33-24-7-3-6-23(24)30-14-4-5-19-8-11-22(29)12-9-19;/h8-13,15-17,23-24,30H,3-7,14,18H2,1-2H3,(H,33,34);1H/t23-,24-;/m1./s1. The predicted molar refractivity (Wildman–Crippen MR) is 156 cm³/mol. The minimum Gasteiger partial charge on any atom is -0.493 e. The van der Waals surface area contributed by atoms with E-state index in [9.17, 15) is 4.79 Å². The number of benzene rings is 2. The highest BCUT2D eigenvalue weighted by Gasteiger charge is 2.28. The first-order valence-electron chi connectivity index (χ1n) is 12.5. The van der Waals surface area contributed by atoms with Crippen molar-refractivity contribution in [1.82, 2.24) is 20.6 Å². The van der Waals surface area contributed by atoms with Crippen LogP contribution in [0, 0.1) is 0 Å². The summed E-state index contributed by atoms with van der Waals surface area (Å²) in [4.78, 5) is 21.5. The number of thioether (sulfide) groups is 1. The molecule has 0 saturated heterocycles. The summed E-state index contributed by atoms with van der Waals surface area (Å²) in [6, 6.07) is 14.2. The van der Waals surface area contributed by atoms with Gasteiger partial charge in [-0.05, 0) is 74.0 Å². The lowest BCUT2D eigenvalue weighted by molar-refractivity contribution is -0.119. The van der Waals surface area contributed by atoms with Gasteiger partial charge in [-0.25, -0.2) is 9.97 Å². The van der Waals surface area contributed by atoms with E-state index in [0.717, 1.165) is 54.8 Å². The summed E-state index contributed by atoms with van der Waals surface area (Å²) < 4.78 is 10.7. The molecular weight excluding hydrogens is 543 g/mol. The van der Waals surface area contributed by atoms with Crippen LogP contribution in [0.2, 0.25) is 5.02 Å². The van der Waals surface area contributed by atoms with Gasteiger partial charge in [0.05, 0.1) is 20.0 Å². The summed E-state index contributed by atoms with van der Waals surface area (Å²) in [5.41, 5.74) is 3.09. The van der Waals surface area contributed by atoms with Crippen molar-refractivity contribution in [1.29, 1.82) is 0 Å². The number of carbonyl (C=O) groups excluding carboxylic acids is 1. The third-order valence-corrected chi connectivity index (χ3v) is 7.63. The number of hydrogen-bond donors (Lipinski definition) is 2. The molecule has 1 aliphatic carbocycles. The minimum absolute atomic E-state index is 0. The predicted octanol–water partition coefficient (Wildman–Crippen LogP) is 5.59. The number of aryl methyl sites for hydroxylation is 1. The van der Waals surface area contributed by atoms with E-state index in [2.05, 4.69) is 32.7 Å². The molecule has 1 heterocycles. The lowest BCUT2D eigenvalue weighted by Crippen LogP contribution is -2.47. The zero-order valence-electron chi connectivity index (χ0n) is 21.6. The second-order valence-electron chi connectivity index (χ2n) is 9.01. The fraction of sp³-hybridized carbons (Fsp3) is 0.393. The highest BCUT2D eigenvalue weighted by molar-refractivity contribution is 7.99. The number of hydrogen-bond acceptors (Lipinski definition) is 7. The number of carbonyl (C=O) groups is 1. The zero-order chi connectivity index (χ0) is 26.0. The number of rotatable bonds is 12. The van der Waals surface area contributed by atoms with Gasteiger partial charge in [-0.1, -0.05) is 41.6 Å². The Hall–Kier alpha value is -2.52. The van der Waals surface area contributed by atoms with Gasteiger partial charge in [0.1, 0.15) is 0 Å². The summed E-state index contributed by atoms with van der Waals surface area (Å²) in [6.07, 6.45) is 8.78.